The SMILES string of the molecule is C1OCOCOCO1. The van der Waals surface area contributed by atoms with Crippen molar-refractivity contribution >= 4 is 0 Å². The average Bonchev–Trinajstić information content (AvgIpc) is 1.62. The molecule has 0 aromatic carbocycles. The van der Waals surface area contributed by atoms with E-state index in [0.717, 1.165) is 0 Å². The molecule has 1 heterocycles. The van der Waals surface area contributed by atoms with Gasteiger partial charge in [0.2, 0.25) is 0 Å². The molecule has 1 saturated heterocycles. The fraction of sp³-hybridized carbons (Fsp3) is 1.00. The highest BCUT2D eigenvalue weighted by molar-refractivity contribution is 4.09. The lowest BCUT2D eigenvalue weighted by atomic mass is 11.2. The second-order valence-electron chi connectivity index (χ2n) is 1.29. The molecule has 0 amide bonds. The van der Waals surface area contributed by atoms with Gasteiger partial charge in [0, 0.05) is 0 Å². The van der Waals surface area contributed by atoms with Crippen molar-refractivity contribution in [1.29, 1.82) is 0 Å². The summed E-state index contributed by atoms with van der Waals surface area (Å²) in [6.07, 6.45) is 0. The van der Waals surface area contributed by atoms with Crippen LogP contribution >= 0.6 is 0 Å². The summed E-state index contributed by atoms with van der Waals surface area (Å²) in [5.41, 5.74) is 0. The van der Waals surface area contributed by atoms with Gasteiger partial charge in [-0.1, -0.05) is 0 Å². The van der Waals surface area contributed by atoms with Crippen LogP contribution in [0.3, 0.4) is 0 Å². The van der Waals surface area contributed by atoms with Crippen LogP contribution in [0.2, 0.25) is 0 Å². The first-order valence-electron chi connectivity index (χ1n) is 2.31. The molecule has 4 nitrogen and oxygen atoms in total. The number of rotatable bonds is 0. The molecule has 4 heteroatoms. The molecule has 0 spiro atoms. The summed E-state index contributed by atoms with van der Waals surface area (Å²) in [5.74, 6) is 0. The van der Waals surface area contributed by atoms with E-state index in [4.69, 9.17) is 18.9 Å². The van der Waals surface area contributed by atoms with Crippen molar-refractivity contribution in [2.24, 2.45) is 0 Å². The summed E-state index contributed by atoms with van der Waals surface area (Å²) >= 11 is 0. The summed E-state index contributed by atoms with van der Waals surface area (Å²) in [7, 11) is 0. The highest BCUT2D eigenvalue weighted by Gasteiger charge is 1.93. The quantitative estimate of drug-likeness (QED) is 0.447. The third-order valence-electron chi connectivity index (χ3n) is 0.667. The first kappa shape index (κ1) is 5.97. The monoisotopic (exact) mass is 120 g/mol. The third-order valence-corrected chi connectivity index (χ3v) is 0.667. The van der Waals surface area contributed by atoms with Gasteiger partial charge in [-0.2, -0.15) is 0 Å². The van der Waals surface area contributed by atoms with Crippen LogP contribution in [0.5, 0.6) is 0 Å². The van der Waals surface area contributed by atoms with Gasteiger partial charge in [-0.3, -0.25) is 0 Å². The Morgan fingerprint density at radius 3 is 1.00 bits per heavy atom. The van der Waals surface area contributed by atoms with E-state index in [1.165, 1.54) is 0 Å². The first-order valence-corrected chi connectivity index (χ1v) is 2.31. The van der Waals surface area contributed by atoms with Crippen LogP contribution in [0.4, 0.5) is 0 Å². The van der Waals surface area contributed by atoms with E-state index >= 15 is 0 Å². The van der Waals surface area contributed by atoms with Crippen LogP contribution in [0.1, 0.15) is 0 Å². The Morgan fingerprint density at radius 2 is 0.750 bits per heavy atom. The van der Waals surface area contributed by atoms with Gasteiger partial charge >= 0.3 is 0 Å². The van der Waals surface area contributed by atoms with Crippen molar-refractivity contribution in [2.45, 2.75) is 0 Å². The van der Waals surface area contributed by atoms with Gasteiger partial charge < -0.3 is 18.9 Å². The molecule has 1 aliphatic heterocycles. The Balaban J connectivity index is 2.00. The molecular weight excluding hydrogens is 112 g/mol. The van der Waals surface area contributed by atoms with E-state index in [2.05, 4.69) is 0 Å². The van der Waals surface area contributed by atoms with E-state index in [9.17, 15) is 0 Å². The predicted octanol–water partition coefficient (Wildman–Crippen LogP) is -0.104. The lowest BCUT2D eigenvalue weighted by Gasteiger charge is -2.10. The van der Waals surface area contributed by atoms with Gasteiger partial charge in [-0.15, -0.1) is 0 Å². The minimum absolute atomic E-state index is 0.250. The molecule has 0 unspecified atom stereocenters. The minimum atomic E-state index is 0.250. The van der Waals surface area contributed by atoms with Crippen LogP contribution in [-0.4, -0.2) is 27.2 Å². The topological polar surface area (TPSA) is 36.9 Å². The zero-order valence-corrected chi connectivity index (χ0v) is 4.46. The summed E-state index contributed by atoms with van der Waals surface area (Å²) < 4.78 is 19.0. The maximum Gasteiger partial charge on any atom is 0.152 e. The van der Waals surface area contributed by atoms with Gasteiger partial charge in [0.05, 0.1) is 0 Å². The predicted molar refractivity (Wildman–Crippen MR) is 23.8 cm³/mol. The van der Waals surface area contributed by atoms with E-state index < -0.39 is 0 Å². The Labute approximate surface area is 47.3 Å². The van der Waals surface area contributed by atoms with Crippen molar-refractivity contribution in [3.8, 4) is 0 Å². The summed E-state index contributed by atoms with van der Waals surface area (Å²) in [5, 5.41) is 0. The summed E-state index contributed by atoms with van der Waals surface area (Å²) in [6.45, 7) is 1.00. The molecule has 0 bridgehead atoms. The third kappa shape index (κ3) is 2.23. The van der Waals surface area contributed by atoms with Crippen LogP contribution in [0.25, 0.3) is 0 Å². The molecule has 1 aliphatic rings. The normalized spacial score (nSPS) is 24.0. The van der Waals surface area contributed by atoms with Gasteiger partial charge in [-0.25, -0.2) is 0 Å². The molecule has 0 radical (unpaired) electrons. The molecule has 48 valence electrons. The van der Waals surface area contributed by atoms with Crippen molar-refractivity contribution in [2.75, 3.05) is 27.2 Å². The number of hydrogen-bond donors (Lipinski definition) is 0. The Kier molecular flexibility index (Phi) is 2.83. The molecule has 0 aliphatic carbocycles. The van der Waals surface area contributed by atoms with Gasteiger partial charge in [0.25, 0.3) is 0 Å². The molecule has 0 aromatic heterocycles. The zero-order chi connectivity index (χ0) is 5.66. The van der Waals surface area contributed by atoms with Gasteiger partial charge in [0.1, 0.15) is 0 Å². The maximum atomic E-state index is 4.75. The van der Waals surface area contributed by atoms with Crippen molar-refractivity contribution in [3.63, 3.8) is 0 Å². The maximum absolute atomic E-state index is 4.75. The highest BCUT2D eigenvalue weighted by atomic mass is 16.8. The van der Waals surface area contributed by atoms with Crippen LogP contribution in [-0.2, 0) is 18.9 Å². The molecule has 0 aromatic rings. The molecule has 0 atom stereocenters. The second-order valence-corrected chi connectivity index (χ2v) is 1.29. The van der Waals surface area contributed by atoms with Crippen LogP contribution < -0.4 is 0 Å². The van der Waals surface area contributed by atoms with E-state index in [0.29, 0.717) is 0 Å². The lowest BCUT2D eigenvalue weighted by molar-refractivity contribution is -0.247. The van der Waals surface area contributed by atoms with Crippen molar-refractivity contribution < 1.29 is 18.9 Å². The second kappa shape index (κ2) is 3.80. The molecule has 0 N–H and O–H groups in total. The van der Waals surface area contributed by atoms with Crippen molar-refractivity contribution in [1.82, 2.24) is 0 Å². The summed E-state index contributed by atoms with van der Waals surface area (Å²) in [6, 6.07) is 0. The van der Waals surface area contributed by atoms with E-state index in [-0.39, 0.29) is 27.2 Å². The Morgan fingerprint density at radius 1 is 0.500 bits per heavy atom. The largest absolute Gasteiger partial charge is 0.329 e. The fourth-order valence-corrected chi connectivity index (χ4v) is 0.372. The molecule has 1 rings (SSSR count). The molecule has 1 fully saturated rings. The molecular formula is C4H8O4. The van der Waals surface area contributed by atoms with Gasteiger partial charge in [-0.05, 0) is 0 Å². The average molecular weight is 120 g/mol. The zero-order valence-electron chi connectivity index (χ0n) is 4.46. The number of hydrogen-bond acceptors (Lipinski definition) is 4. The minimum Gasteiger partial charge on any atom is -0.329 e. The molecule has 0 saturated carbocycles. The number of ether oxygens (including phenoxy) is 4. The standard InChI is InChI=1S/C4H8O4/c1-5-2-7-4-8-3-6-1/h1-4H2. The van der Waals surface area contributed by atoms with Crippen molar-refractivity contribution in [3.05, 3.63) is 0 Å². The van der Waals surface area contributed by atoms with Crippen LogP contribution in [0, 0.1) is 0 Å². The fourth-order valence-electron chi connectivity index (χ4n) is 0.372. The van der Waals surface area contributed by atoms with Crippen LogP contribution in [0.15, 0.2) is 0 Å². The smallest absolute Gasteiger partial charge is 0.152 e. The lowest BCUT2D eigenvalue weighted by Crippen LogP contribution is -2.14. The van der Waals surface area contributed by atoms with Gasteiger partial charge in [0.15, 0.2) is 27.2 Å². The first-order chi connectivity index (χ1) is 4.00. The Hall–Kier alpha value is -0.160. The van der Waals surface area contributed by atoms with E-state index in [1.807, 2.05) is 0 Å². The highest BCUT2D eigenvalue weighted by Crippen LogP contribution is 1.87. The van der Waals surface area contributed by atoms with E-state index in [1.54, 1.807) is 0 Å². The Bertz CT molecular complexity index is 32.0. The summed E-state index contributed by atoms with van der Waals surface area (Å²) in [4.78, 5) is 0. The molecule has 8 heavy (non-hydrogen) atoms.